The van der Waals surface area contributed by atoms with E-state index in [-0.39, 0.29) is 5.91 Å². The van der Waals surface area contributed by atoms with E-state index in [1.54, 1.807) is 0 Å². The Morgan fingerprint density at radius 2 is 1.90 bits per heavy atom. The van der Waals surface area contributed by atoms with Gasteiger partial charge in [0.15, 0.2) is 0 Å². The summed E-state index contributed by atoms with van der Waals surface area (Å²) in [4.78, 5) is 14.4. The molecule has 3 heteroatoms. The van der Waals surface area contributed by atoms with Crippen LogP contribution in [-0.2, 0) is 17.8 Å². The van der Waals surface area contributed by atoms with Gasteiger partial charge in [-0.15, -0.1) is 0 Å². The number of nitrogens with one attached hydrogen (secondary N) is 1. The monoisotopic (exact) mass is 272 g/mol. The second-order valence-electron chi connectivity index (χ2n) is 6.13. The summed E-state index contributed by atoms with van der Waals surface area (Å²) in [6.07, 6.45) is 7.25. The molecule has 1 aliphatic carbocycles. The van der Waals surface area contributed by atoms with Gasteiger partial charge >= 0.3 is 0 Å². The molecule has 2 aliphatic rings. The fourth-order valence-corrected chi connectivity index (χ4v) is 3.41. The van der Waals surface area contributed by atoms with Crippen LogP contribution in [0.2, 0.25) is 0 Å². The van der Waals surface area contributed by atoms with Crippen molar-refractivity contribution in [3.63, 3.8) is 0 Å². The smallest absolute Gasteiger partial charge is 0.234 e. The van der Waals surface area contributed by atoms with Crippen molar-refractivity contribution in [3.05, 3.63) is 35.4 Å². The first-order valence-corrected chi connectivity index (χ1v) is 7.90. The first kappa shape index (κ1) is 13.6. The van der Waals surface area contributed by atoms with Gasteiger partial charge in [-0.25, -0.2) is 0 Å². The summed E-state index contributed by atoms with van der Waals surface area (Å²) in [6.45, 7) is 2.45. The Morgan fingerprint density at radius 1 is 1.15 bits per heavy atom. The van der Waals surface area contributed by atoms with Crippen molar-refractivity contribution in [1.82, 2.24) is 10.2 Å². The third-order valence-corrected chi connectivity index (χ3v) is 4.55. The molecule has 20 heavy (non-hydrogen) atoms. The molecule has 0 radical (unpaired) electrons. The third kappa shape index (κ3) is 3.40. The Bertz CT molecular complexity index is 466. The second kappa shape index (κ2) is 6.40. The highest BCUT2D eigenvalue weighted by atomic mass is 16.2. The van der Waals surface area contributed by atoms with Gasteiger partial charge in [0.2, 0.25) is 5.91 Å². The van der Waals surface area contributed by atoms with Crippen LogP contribution >= 0.6 is 0 Å². The molecule has 1 saturated carbocycles. The van der Waals surface area contributed by atoms with Crippen LogP contribution in [0, 0.1) is 0 Å². The van der Waals surface area contributed by atoms with Crippen LogP contribution in [0.25, 0.3) is 0 Å². The van der Waals surface area contributed by atoms with Crippen LogP contribution in [-0.4, -0.2) is 29.9 Å². The maximum atomic E-state index is 12.1. The van der Waals surface area contributed by atoms with Gasteiger partial charge < -0.3 is 5.32 Å². The lowest BCUT2D eigenvalue weighted by Gasteiger charge is -2.29. The molecule has 0 bridgehead atoms. The standard InChI is InChI=1S/C17H24N2O/c20-17(18-16-8-2-1-3-9-16)13-19-11-10-14-6-4-5-7-15(14)12-19/h4-7,16H,1-3,8-13H2,(H,18,20). The largest absolute Gasteiger partial charge is 0.352 e. The average molecular weight is 272 g/mol. The normalized spacial score (nSPS) is 20.4. The molecular formula is C17H24N2O. The maximum absolute atomic E-state index is 12.1. The molecule has 1 N–H and O–H groups in total. The fourth-order valence-electron chi connectivity index (χ4n) is 3.41. The molecule has 0 unspecified atom stereocenters. The maximum Gasteiger partial charge on any atom is 0.234 e. The zero-order chi connectivity index (χ0) is 13.8. The first-order valence-electron chi connectivity index (χ1n) is 7.90. The topological polar surface area (TPSA) is 32.3 Å². The van der Waals surface area contributed by atoms with E-state index in [0.29, 0.717) is 12.6 Å². The fraction of sp³-hybridized carbons (Fsp3) is 0.588. The Balaban J connectivity index is 1.50. The molecule has 1 amide bonds. The minimum Gasteiger partial charge on any atom is -0.352 e. The number of benzene rings is 1. The number of rotatable bonds is 3. The molecule has 3 nitrogen and oxygen atoms in total. The van der Waals surface area contributed by atoms with Gasteiger partial charge in [0.25, 0.3) is 0 Å². The van der Waals surface area contributed by atoms with E-state index in [1.165, 1.54) is 30.4 Å². The Hall–Kier alpha value is -1.35. The molecule has 1 aliphatic heterocycles. The summed E-state index contributed by atoms with van der Waals surface area (Å²) in [7, 11) is 0. The lowest BCUT2D eigenvalue weighted by atomic mass is 9.95. The van der Waals surface area contributed by atoms with Gasteiger partial charge in [0, 0.05) is 19.1 Å². The van der Waals surface area contributed by atoms with Crippen molar-refractivity contribution in [2.75, 3.05) is 13.1 Å². The van der Waals surface area contributed by atoms with E-state index in [0.717, 1.165) is 32.4 Å². The molecule has 0 spiro atoms. The summed E-state index contributed by atoms with van der Waals surface area (Å²) < 4.78 is 0. The van der Waals surface area contributed by atoms with Crippen LogP contribution in [0.4, 0.5) is 0 Å². The van der Waals surface area contributed by atoms with Gasteiger partial charge in [-0.1, -0.05) is 43.5 Å². The van der Waals surface area contributed by atoms with Gasteiger partial charge in [-0.2, -0.15) is 0 Å². The summed E-state index contributed by atoms with van der Waals surface area (Å²) >= 11 is 0. The van der Waals surface area contributed by atoms with Crippen LogP contribution in [0.1, 0.15) is 43.2 Å². The quantitative estimate of drug-likeness (QED) is 0.917. The van der Waals surface area contributed by atoms with Crippen LogP contribution in [0.5, 0.6) is 0 Å². The predicted octanol–water partition coefficient (Wildman–Crippen LogP) is 2.49. The lowest BCUT2D eigenvalue weighted by molar-refractivity contribution is -0.123. The molecule has 3 rings (SSSR count). The second-order valence-corrected chi connectivity index (χ2v) is 6.13. The molecule has 108 valence electrons. The number of amides is 1. The van der Waals surface area contributed by atoms with E-state index in [2.05, 4.69) is 34.5 Å². The molecule has 1 fully saturated rings. The van der Waals surface area contributed by atoms with Crippen LogP contribution in [0.3, 0.4) is 0 Å². The van der Waals surface area contributed by atoms with Gasteiger partial charge in [0.1, 0.15) is 0 Å². The van der Waals surface area contributed by atoms with Gasteiger partial charge in [0.05, 0.1) is 6.54 Å². The van der Waals surface area contributed by atoms with Crippen molar-refractivity contribution < 1.29 is 4.79 Å². The Kier molecular flexibility index (Phi) is 4.36. The van der Waals surface area contributed by atoms with Gasteiger partial charge in [-0.3, -0.25) is 9.69 Å². The number of carbonyl (C=O) groups excluding carboxylic acids is 1. The van der Waals surface area contributed by atoms with Gasteiger partial charge in [-0.05, 0) is 30.4 Å². The zero-order valence-electron chi connectivity index (χ0n) is 12.1. The number of hydrogen-bond acceptors (Lipinski definition) is 2. The predicted molar refractivity (Wildman–Crippen MR) is 80.4 cm³/mol. The highest BCUT2D eigenvalue weighted by Crippen LogP contribution is 2.19. The van der Waals surface area contributed by atoms with Crippen LogP contribution in [0.15, 0.2) is 24.3 Å². The Labute approximate surface area is 121 Å². The molecule has 0 saturated heterocycles. The lowest BCUT2D eigenvalue weighted by Crippen LogP contribution is -2.44. The van der Waals surface area contributed by atoms with Crippen molar-refractivity contribution in [1.29, 1.82) is 0 Å². The van der Waals surface area contributed by atoms with E-state index in [9.17, 15) is 4.79 Å². The average Bonchev–Trinajstić information content (AvgIpc) is 2.48. The SMILES string of the molecule is O=C(CN1CCc2ccccc2C1)NC1CCCCC1. The van der Waals surface area contributed by atoms with Crippen molar-refractivity contribution in [2.45, 2.75) is 51.1 Å². The van der Waals surface area contributed by atoms with Crippen molar-refractivity contribution >= 4 is 5.91 Å². The molecule has 1 aromatic rings. The highest BCUT2D eigenvalue weighted by Gasteiger charge is 2.20. The molecule has 0 atom stereocenters. The van der Waals surface area contributed by atoms with E-state index >= 15 is 0 Å². The minimum absolute atomic E-state index is 0.205. The Morgan fingerprint density at radius 3 is 2.70 bits per heavy atom. The molecule has 1 heterocycles. The summed E-state index contributed by atoms with van der Waals surface area (Å²) in [6, 6.07) is 9.00. The summed E-state index contributed by atoms with van der Waals surface area (Å²) in [5.74, 6) is 0.205. The van der Waals surface area contributed by atoms with E-state index in [4.69, 9.17) is 0 Å². The van der Waals surface area contributed by atoms with E-state index < -0.39 is 0 Å². The zero-order valence-corrected chi connectivity index (χ0v) is 12.1. The summed E-state index contributed by atoms with van der Waals surface area (Å²) in [5, 5.41) is 3.21. The van der Waals surface area contributed by atoms with Crippen LogP contribution < -0.4 is 5.32 Å². The number of hydrogen-bond donors (Lipinski definition) is 1. The minimum atomic E-state index is 0.205. The molecule has 1 aromatic carbocycles. The number of nitrogens with zero attached hydrogens (tertiary/aromatic N) is 1. The summed E-state index contributed by atoms with van der Waals surface area (Å²) in [5.41, 5.74) is 2.82. The highest BCUT2D eigenvalue weighted by molar-refractivity contribution is 5.78. The third-order valence-electron chi connectivity index (χ3n) is 4.55. The molecular weight excluding hydrogens is 248 g/mol. The van der Waals surface area contributed by atoms with E-state index in [1.807, 2.05) is 0 Å². The first-order chi connectivity index (χ1) is 9.81. The van der Waals surface area contributed by atoms with Crippen molar-refractivity contribution in [3.8, 4) is 0 Å². The number of fused-ring (bicyclic) bond motifs is 1. The number of carbonyl (C=O) groups is 1. The van der Waals surface area contributed by atoms with Crippen molar-refractivity contribution in [2.24, 2.45) is 0 Å². The molecule has 0 aromatic heterocycles.